The minimum absolute atomic E-state index is 0.0581. The molecule has 2 aromatic heterocycles. The summed E-state index contributed by atoms with van der Waals surface area (Å²) in [6.07, 6.45) is 7.72. The second-order valence-electron chi connectivity index (χ2n) is 9.12. The van der Waals surface area contributed by atoms with Crippen LogP contribution >= 0.6 is 0 Å². The minimum atomic E-state index is -0.0581. The van der Waals surface area contributed by atoms with Gasteiger partial charge >= 0.3 is 0 Å². The standard InChI is InChI=1S/C25H30N4O3/c1-27-9-10-29(25(16-27)6-7-25)15-21-22(31-3)11-17(12-23(21)32-4)20-14-28(2)24(30)19-13-26-8-5-18(19)20/h5,8,11-14H,6-7,9-10,15-16H2,1-4H3. The molecule has 1 aromatic carbocycles. The van der Waals surface area contributed by atoms with E-state index in [1.54, 1.807) is 38.2 Å². The first-order chi connectivity index (χ1) is 15.5. The van der Waals surface area contributed by atoms with E-state index in [-0.39, 0.29) is 5.56 Å². The van der Waals surface area contributed by atoms with Gasteiger partial charge in [-0.3, -0.25) is 14.7 Å². The largest absolute Gasteiger partial charge is 0.496 e. The summed E-state index contributed by atoms with van der Waals surface area (Å²) in [4.78, 5) is 21.8. The summed E-state index contributed by atoms with van der Waals surface area (Å²) in [6.45, 7) is 4.04. The summed E-state index contributed by atoms with van der Waals surface area (Å²) in [5, 5.41) is 1.47. The van der Waals surface area contributed by atoms with Gasteiger partial charge in [0.2, 0.25) is 0 Å². The highest BCUT2D eigenvalue weighted by Gasteiger charge is 2.50. The lowest BCUT2D eigenvalue weighted by atomic mass is 9.98. The van der Waals surface area contributed by atoms with Gasteiger partial charge in [-0.2, -0.15) is 0 Å². The first kappa shape index (κ1) is 21.0. The highest BCUT2D eigenvalue weighted by molar-refractivity contribution is 5.95. The average Bonchev–Trinajstić information content (AvgIpc) is 3.57. The fourth-order valence-corrected chi connectivity index (χ4v) is 5.10. The van der Waals surface area contributed by atoms with Crippen LogP contribution in [-0.2, 0) is 13.6 Å². The van der Waals surface area contributed by atoms with Gasteiger partial charge in [-0.1, -0.05) is 0 Å². The zero-order valence-electron chi connectivity index (χ0n) is 19.2. The van der Waals surface area contributed by atoms with Crippen LogP contribution in [0.5, 0.6) is 11.5 Å². The zero-order chi connectivity index (χ0) is 22.5. The Morgan fingerprint density at radius 3 is 2.44 bits per heavy atom. The molecule has 0 radical (unpaired) electrons. The normalized spacial score (nSPS) is 18.2. The SMILES string of the molecule is COc1cc(-c2cn(C)c(=O)c3cnccc23)cc(OC)c1CN1CCN(C)CC12CC2. The van der Waals surface area contributed by atoms with E-state index in [0.29, 0.717) is 10.9 Å². The molecule has 1 saturated carbocycles. The maximum atomic E-state index is 12.6. The van der Waals surface area contributed by atoms with E-state index < -0.39 is 0 Å². The quantitative estimate of drug-likeness (QED) is 0.616. The molecular weight excluding hydrogens is 404 g/mol. The number of pyridine rings is 2. The van der Waals surface area contributed by atoms with Crippen LogP contribution in [0.1, 0.15) is 18.4 Å². The molecule has 32 heavy (non-hydrogen) atoms. The molecule has 2 fully saturated rings. The topological polar surface area (TPSA) is 59.8 Å². The molecule has 7 heteroatoms. The van der Waals surface area contributed by atoms with Gasteiger partial charge in [0, 0.05) is 62.9 Å². The van der Waals surface area contributed by atoms with Crippen LogP contribution < -0.4 is 15.0 Å². The fraction of sp³-hybridized carbons (Fsp3) is 0.440. The van der Waals surface area contributed by atoms with Crippen molar-refractivity contribution < 1.29 is 9.47 Å². The third-order valence-corrected chi connectivity index (χ3v) is 7.07. The van der Waals surface area contributed by atoms with Crippen molar-refractivity contribution in [3.63, 3.8) is 0 Å². The number of ether oxygens (including phenoxy) is 2. The minimum Gasteiger partial charge on any atom is -0.496 e. The number of aryl methyl sites for hydroxylation is 1. The van der Waals surface area contributed by atoms with Crippen molar-refractivity contribution in [2.75, 3.05) is 40.9 Å². The summed E-state index contributed by atoms with van der Waals surface area (Å²) in [6, 6.07) is 6.01. The first-order valence-electron chi connectivity index (χ1n) is 11.1. The van der Waals surface area contributed by atoms with Gasteiger partial charge in [0.05, 0.1) is 25.2 Å². The van der Waals surface area contributed by atoms with Crippen molar-refractivity contribution >= 4 is 10.8 Å². The van der Waals surface area contributed by atoms with Gasteiger partial charge in [-0.25, -0.2) is 0 Å². The predicted molar refractivity (Wildman–Crippen MR) is 125 cm³/mol. The van der Waals surface area contributed by atoms with Crippen molar-refractivity contribution in [3.8, 4) is 22.6 Å². The first-order valence-corrected chi connectivity index (χ1v) is 11.1. The summed E-state index contributed by atoms with van der Waals surface area (Å²) in [5.41, 5.74) is 3.21. The average molecular weight is 435 g/mol. The van der Waals surface area contributed by atoms with Crippen LogP contribution in [0.15, 0.2) is 41.6 Å². The van der Waals surface area contributed by atoms with E-state index >= 15 is 0 Å². The van der Waals surface area contributed by atoms with Gasteiger partial charge < -0.3 is 18.9 Å². The molecule has 0 amide bonds. The van der Waals surface area contributed by atoms with Gasteiger partial charge in [0.25, 0.3) is 5.56 Å². The number of piperazine rings is 1. The number of hydrogen-bond donors (Lipinski definition) is 0. The van der Waals surface area contributed by atoms with Crippen molar-refractivity contribution in [2.24, 2.45) is 7.05 Å². The second-order valence-corrected chi connectivity index (χ2v) is 9.12. The number of hydrogen-bond acceptors (Lipinski definition) is 6. The van der Waals surface area contributed by atoms with Gasteiger partial charge in [-0.05, 0) is 49.0 Å². The second kappa shape index (κ2) is 7.90. The van der Waals surface area contributed by atoms with Crippen LogP contribution in [0.4, 0.5) is 0 Å². The predicted octanol–water partition coefficient (Wildman–Crippen LogP) is 2.90. The molecule has 1 spiro atoms. The molecule has 7 nitrogen and oxygen atoms in total. The van der Waals surface area contributed by atoms with E-state index in [2.05, 4.69) is 34.0 Å². The molecule has 168 valence electrons. The number of methoxy groups -OCH3 is 2. The Morgan fingerprint density at radius 1 is 1.06 bits per heavy atom. The Hall–Kier alpha value is -2.90. The lowest BCUT2D eigenvalue weighted by Gasteiger charge is -2.41. The molecule has 0 atom stereocenters. The number of aromatic nitrogens is 2. The number of fused-ring (bicyclic) bond motifs is 1. The molecule has 0 N–H and O–H groups in total. The lowest BCUT2D eigenvalue weighted by Crippen LogP contribution is -2.53. The Morgan fingerprint density at radius 2 is 1.78 bits per heavy atom. The zero-order valence-corrected chi connectivity index (χ0v) is 19.2. The maximum Gasteiger partial charge on any atom is 0.259 e. The monoisotopic (exact) mass is 434 g/mol. The molecule has 0 bridgehead atoms. The van der Waals surface area contributed by atoms with Crippen LogP contribution in [0.3, 0.4) is 0 Å². The van der Waals surface area contributed by atoms with E-state index in [1.807, 2.05) is 12.3 Å². The molecule has 3 aromatic rings. The molecule has 2 aliphatic rings. The highest BCUT2D eigenvalue weighted by Crippen LogP contribution is 2.46. The Labute approximate surface area is 188 Å². The summed E-state index contributed by atoms with van der Waals surface area (Å²) >= 11 is 0. The van der Waals surface area contributed by atoms with Crippen LogP contribution in [0, 0.1) is 0 Å². The third-order valence-electron chi connectivity index (χ3n) is 7.07. The van der Waals surface area contributed by atoms with Crippen LogP contribution in [0.25, 0.3) is 21.9 Å². The van der Waals surface area contributed by atoms with Crippen LogP contribution in [0.2, 0.25) is 0 Å². The van der Waals surface area contributed by atoms with Crippen molar-refractivity contribution in [1.82, 2.24) is 19.4 Å². The van der Waals surface area contributed by atoms with Crippen molar-refractivity contribution in [1.29, 1.82) is 0 Å². The molecule has 1 saturated heterocycles. The lowest BCUT2D eigenvalue weighted by molar-refractivity contribution is 0.0661. The molecule has 5 rings (SSSR count). The number of likely N-dealkylation sites (N-methyl/N-ethyl adjacent to an activating group) is 1. The fourth-order valence-electron chi connectivity index (χ4n) is 5.10. The van der Waals surface area contributed by atoms with Gasteiger partial charge in [0.15, 0.2) is 0 Å². The van der Waals surface area contributed by atoms with Crippen molar-refractivity contribution in [2.45, 2.75) is 24.9 Å². The third kappa shape index (κ3) is 3.45. The Bertz CT molecular complexity index is 1210. The molecular formula is C25H30N4O3. The molecule has 0 unspecified atom stereocenters. The van der Waals surface area contributed by atoms with Crippen LogP contribution in [-0.4, -0.2) is 65.8 Å². The van der Waals surface area contributed by atoms with E-state index in [4.69, 9.17) is 9.47 Å². The molecule has 1 aliphatic carbocycles. The number of rotatable bonds is 5. The number of nitrogens with zero attached hydrogens (tertiary/aromatic N) is 4. The van der Waals surface area contributed by atoms with Crippen molar-refractivity contribution in [3.05, 3.63) is 52.7 Å². The van der Waals surface area contributed by atoms with E-state index in [0.717, 1.165) is 59.8 Å². The van der Waals surface area contributed by atoms with Gasteiger partial charge in [0.1, 0.15) is 11.5 Å². The Kier molecular flexibility index (Phi) is 5.18. The highest BCUT2D eigenvalue weighted by atomic mass is 16.5. The van der Waals surface area contributed by atoms with E-state index in [1.165, 1.54) is 12.8 Å². The smallest absolute Gasteiger partial charge is 0.259 e. The summed E-state index contributed by atoms with van der Waals surface area (Å²) in [7, 11) is 7.40. The van der Waals surface area contributed by atoms with E-state index in [9.17, 15) is 4.79 Å². The summed E-state index contributed by atoms with van der Waals surface area (Å²) in [5.74, 6) is 1.62. The maximum absolute atomic E-state index is 12.6. The molecule has 1 aliphatic heterocycles. The number of benzene rings is 1. The molecule has 3 heterocycles. The van der Waals surface area contributed by atoms with Gasteiger partial charge in [-0.15, -0.1) is 0 Å². The Balaban J connectivity index is 1.60. The summed E-state index contributed by atoms with van der Waals surface area (Å²) < 4.78 is 13.3.